The average molecular weight is 302 g/mol. The minimum atomic E-state index is -4.44. The normalized spacial score (nSPS) is 11.9. The lowest BCUT2D eigenvalue weighted by Gasteiger charge is -2.11. The van der Waals surface area contributed by atoms with Gasteiger partial charge in [0.05, 0.1) is 6.42 Å². The lowest BCUT2D eigenvalue weighted by Crippen LogP contribution is -2.35. The molecule has 0 saturated carbocycles. The molecule has 21 heavy (non-hydrogen) atoms. The number of hydrogen-bond acceptors (Lipinski definition) is 5. The molecule has 0 saturated heterocycles. The Morgan fingerprint density at radius 2 is 2.00 bits per heavy atom. The summed E-state index contributed by atoms with van der Waals surface area (Å²) >= 11 is 0. The number of aromatic nitrogens is 4. The largest absolute Gasteiger partial charge is 0.405 e. The summed E-state index contributed by atoms with van der Waals surface area (Å²) in [6.07, 6.45) is -4.67. The van der Waals surface area contributed by atoms with Crippen LogP contribution in [0.3, 0.4) is 0 Å². The highest BCUT2D eigenvalue weighted by molar-refractivity contribution is 5.79. The molecular weight excluding hydrogens is 289 g/mol. The molecule has 114 valence electrons. The number of nitrogen functional groups attached to an aromatic ring is 1. The number of aryl methyl sites for hydroxylation is 2. The van der Waals surface area contributed by atoms with E-state index in [0.29, 0.717) is 17.0 Å². The first-order valence-corrected chi connectivity index (χ1v) is 5.99. The Bertz CT molecular complexity index is 693. The predicted octanol–water partition coefficient (Wildman–Crippen LogP) is 0.544. The summed E-state index contributed by atoms with van der Waals surface area (Å²) in [7, 11) is 0. The van der Waals surface area contributed by atoms with Crippen LogP contribution in [0.15, 0.2) is 0 Å². The molecule has 0 bridgehead atoms. The number of carbonyl (C=O) groups is 1. The number of nitrogens with zero attached hydrogens (tertiary/aromatic N) is 4. The van der Waals surface area contributed by atoms with E-state index in [0.717, 1.165) is 0 Å². The molecule has 0 spiro atoms. The molecule has 0 aliphatic rings. The molecule has 0 aromatic carbocycles. The third kappa shape index (κ3) is 3.38. The maximum atomic E-state index is 12.1. The van der Waals surface area contributed by atoms with E-state index in [2.05, 4.69) is 15.1 Å². The zero-order chi connectivity index (χ0) is 15.8. The molecule has 0 fully saturated rings. The van der Waals surface area contributed by atoms with Crippen molar-refractivity contribution in [2.24, 2.45) is 0 Å². The molecule has 0 aliphatic heterocycles. The first-order chi connectivity index (χ1) is 9.67. The van der Waals surface area contributed by atoms with Crippen molar-refractivity contribution in [3.8, 4) is 0 Å². The minimum Gasteiger partial charge on any atom is -0.366 e. The van der Waals surface area contributed by atoms with Gasteiger partial charge in [-0.3, -0.25) is 4.79 Å². The zero-order valence-electron chi connectivity index (χ0n) is 11.3. The molecule has 0 aliphatic carbocycles. The zero-order valence-corrected chi connectivity index (χ0v) is 11.3. The molecular formula is C11H13F3N6O. The van der Waals surface area contributed by atoms with Crippen molar-refractivity contribution in [3.05, 3.63) is 17.0 Å². The standard InChI is InChI=1S/C11H13F3N6O/c1-5-7(3-8(21)16-4-11(12,13)14)6(2)20-10(17-5)18-9(15)19-20/h3-4H2,1-2H3,(H2,15,19)(H,16,21). The van der Waals surface area contributed by atoms with Crippen LogP contribution in [-0.2, 0) is 11.2 Å². The van der Waals surface area contributed by atoms with E-state index in [-0.39, 0.29) is 18.1 Å². The van der Waals surface area contributed by atoms with E-state index in [9.17, 15) is 18.0 Å². The van der Waals surface area contributed by atoms with Gasteiger partial charge in [-0.1, -0.05) is 0 Å². The Labute approximate surface area is 117 Å². The van der Waals surface area contributed by atoms with E-state index in [1.54, 1.807) is 13.8 Å². The van der Waals surface area contributed by atoms with Crippen LogP contribution in [0.2, 0.25) is 0 Å². The van der Waals surface area contributed by atoms with Gasteiger partial charge >= 0.3 is 6.18 Å². The number of anilines is 1. The second kappa shape index (κ2) is 5.19. The first-order valence-electron chi connectivity index (χ1n) is 5.99. The lowest BCUT2D eigenvalue weighted by atomic mass is 10.1. The number of fused-ring (bicyclic) bond motifs is 1. The Morgan fingerprint density at radius 3 is 2.62 bits per heavy atom. The van der Waals surface area contributed by atoms with E-state index in [1.807, 2.05) is 5.32 Å². The number of nitrogens with two attached hydrogens (primary N) is 1. The van der Waals surface area contributed by atoms with Crippen molar-refractivity contribution in [1.29, 1.82) is 0 Å². The molecule has 0 radical (unpaired) electrons. The predicted molar refractivity (Wildman–Crippen MR) is 67.4 cm³/mol. The van der Waals surface area contributed by atoms with Crippen LogP contribution in [0.5, 0.6) is 0 Å². The summed E-state index contributed by atoms with van der Waals surface area (Å²) in [4.78, 5) is 19.6. The van der Waals surface area contributed by atoms with Crippen LogP contribution in [0.1, 0.15) is 17.0 Å². The molecule has 3 N–H and O–H groups in total. The number of amides is 1. The van der Waals surface area contributed by atoms with Crippen LogP contribution in [0, 0.1) is 13.8 Å². The second-order valence-electron chi connectivity index (χ2n) is 4.51. The monoisotopic (exact) mass is 302 g/mol. The van der Waals surface area contributed by atoms with E-state index in [4.69, 9.17) is 5.73 Å². The summed E-state index contributed by atoms with van der Waals surface area (Å²) < 4.78 is 37.5. The number of carbonyl (C=O) groups excluding carboxylic acids is 1. The third-order valence-corrected chi connectivity index (χ3v) is 2.89. The highest BCUT2D eigenvalue weighted by Gasteiger charge is 2.28. The minimum absolute atomic E-state index is 0.0312. The summed E-state index contributed by atoms with van der Waals surface area (Å²) in [5.41, 5.74) is 7.02. The molecule has 10 heteroatoms. The molecule has 2 rings (SSSR count). The van der Waals surface area contributed by atoms with Crippen molar-refractivity contribution in [1.82, 2.24) is 24.9 Å². The van der Waals surface area contributed by atoms with Crippen LogP contribution in [0.25, 0.3) is 5.78 Å². The Kier molecular flexibility index (Phi) is 3.71. The van der Waals surface area contributed by atoms with Gasteiger partial charge < -0.3 is 11.1 Å². The van der Waals surface area contributed by atoms with Gasteiger partial charge in [-0.15, -0.1) is 5.10 Å². The SMILES string of the molecule is Cc1nc2nc(N)nn2c(C)c1CC(=O)NCC(F)(F)F. The van der Waals surface area contributed by atoms with E-state index >= 15 is 0 Å². The second-order valence-corrected chi connectivity index (χ2v) is 4.51. The van der Waals surface area contributed by atoms with Crippen LogP contribution >= 0.6 is 0 Å². The molecule has 0 atom stereocenters. The van der Waals surface area contributed by atoms with E-state index in [1.165, 1.54) is 4.52 Å². The molecule has 2 heterocycles. The summed E-state index contributed by atoms with van der Waals surface area (Å²) in [6.45, 7) is 1.95. The van der Waals surface area contributed by atoms with E-state index < -0.39 is 18.6 Å². The van der Waals surface area contributed by atoms with Gasteiger partial charge in [0, 0.05) is 17.0 Å². The fourth-order valence-electron chi connectivity index (χ4n) is 1.90. The lowest BCUT2D eigenvalue weighted by molar-refractivity contribution is -0.138. The topological polar surface area (TPSA) is 98.2 Å². The number of hydrogen-bond donors (Lipinski definition) is 2. The Balaban J connectivity index is 2.24. The average Bonchev–Trinajstić information content (AvgIpc) is 2.72. The Morgan fingerprint density at radius 1 is 1.33 bits per heavy atom. The summed E-state index contributed by atoms with van der Waals surface area (Å²) in [5.74, 6) is -0.432. The van der Waals surface area contributed by atoms with Gasteiger partial charge in [0.2, 0.25) is 11.9 Å². The quantitative estimate of drug-likeness (QED) is 0.862. The molecule has 2 aromatic heterocycles. The van der Waals surface area contributed by atoms with Crippen molar-refractivity contribution < 1.29 is 18.0 Å². The highest BCUT2D eigenvalue weighted by Crippen LogP contribution is 2.16. The van der Waals surface area contributed by atoms with Gasteiger partial charge in [-0.25, -0.2) is 4.98 Å². The van der Waals surface area contributed by atoms with Gasteiger partial charge in [-0.05, 0) is 13.8 Å². The van der Waals surface area contributed by atoms with Gasteiger partial charge in [0.1, 0.15) is 6.54 Å². The third-order valence-electron chi connectivity index (χ3n) is 2.89. The molecule has 7 nitrogen and oxygen atoms in total. The maximum absolute atomic E-state index is 12.1. The van der Waals surface area contributed by atoms with Gasteiger partial charge in [0.25, 0.3) is 5.78 Å². The summed E-state index contributed by atoms with van der Waals surface area (Å²) in [5, 5.41) is 5.73. The summed E-state index contributed by atoms with van der Waals surface area (Å²) in [6, 6.07) is 0. The molecule has 2 aromatic rings. The number of rotatable bonds is 3. The fraction of sp³-hybridized carbons (Fsp3) is 0.455. The fourth-order valence-corrected chi connectivity index (χ4v) is 1.90. The van der Waals surface area contributed by atoms with Gasteiger partial charge in [-0.2, -0.15) is 22.7 Å². The number of alkyl halides is 3. The van der Waals surface area contributed by atoms with Crippen LogP contribution in [0.4, 0.5) is 19.1 Å². The molecule has 1 amide bonds. The smallest absolute Gasteiger partial charge is 0.366 e. The van der Waals surface area contributed by atoms with Crippen molar-refractivity contribution in [2.75, 3.05) is 12.3 Å². The van der Waals surface area contributed by atoms with Gasteiger partial charge in [0.15, 0.2) is 0 Å². The van der Waals surface area contributed by atoms with Crippen molar-refractivity contribution in [3.63, 3.8) is 0 Å². The highest BCUT2D eigenvalue weighted by atomic mass is 19.4. The van der Waals surface area contributed by atoms with Crippen molar-refractivity contribution in [2.45, 2.75) is 26.4 Å². The van der Waals surface area contributed by atoms with Crippen LogP contribution < -0.4 is 11.1 Å². The van der Waals surface area contributed by atoms with Crippen LogP contribution in [-0.4, -0.2) is 38.2 Å². The first kappa shape index (κ1) is 15.0. The van der Waals surface area contributed by atoms with Crippen molar-refractivity contribution >= 4 is 17.6 Å². The maximum Gasteiger partial charge on any atom is 0.405 e. The Hall–Kier alpha value is -2.39. The number of nitrogens with one attached hydrogen (secondary N) is 1. The molecule has 0 unspecified atom stereocenters. The number of halogens is 3.